The van der Waals surface area contributed by atoms with E-state index in [0.717, 1.165) is 38.1 Å². The predicted molar refractivity (Wildman–Crippen MR) is 64.7 cm³/mol. The van der Waals surface area contributed by atoms with Gasteiger partial charge >= 0.3 is 0 Å². The lowest BCUT2D eigenvalue weighted by Crippen LogP contribution is -2.32. The number of hydrogen-bond donors (Lipinski definition) is 1. The number of rotatable bonds is 4. The molecule has 3 rings (SSSR count). The Balaban J connectivity index is 1.44. The highest BCUT2D eigenvalue weighted by Crippen LogP contribution is 2.33. The molecule has 0 saturated carbocycles. The van der Waals surface area contributed by atoms with Crippen LogP contribution in [0.25, 0.3) is 0 Å². The van der Waals surface area contributed by atoms with Crippen LogP contribution in [0.2, 0.25) is 0 Å². The number of hydrogen-bond acceptors (Lipinski definition) is 2. The average Bonchev–Trinajstić information content (AvgIpc) is 2.77. The first kappa shape index (κ1) is 10.3. The van der Waals surface area contributed by atoms with Gasteiger partial charge in [0.15, 0.2) is 0 Å². The van der Waals surface area contributed by atoms with Crippen molar-refractivity contribution in [1.82, 2.24) is 5.32 Å². The molecule has 0 bridgehead atoms. The smallest absolute Gasteiger partial charge is 0.0507 e. The summed E-state index contributed by atoms with van der Waals surface area (Å²) in [6.07, 6.45) is 2.48. The fraction of sp³-hybridized carbons (Fsp3) is 0.571. The maximum atomic E-state index is 5.37. The minimum Gasteiger partial charge on any atom is -0.381 e. The summed E-state index contributed by atoms with van der Waals surface area (Å²) in [4.78, 5) is 0. The lowest BCUT2D eigenvalue weighted by molar-refractivity contribution is 0.185. The summed E-state index contributed by atoms with van der Waals surface area (Å²) in [5, 5.41) is 3.59. The van der Waals surface area contributed by atoms with Gasteiger partial charge in [0.05, 0.1) is 6.61 Å². The summed E-state index contributed by atoms with van der Waals surface area (Å²) in [6, 6.07) is 8.80. The van der Waals surface area contributed by atoms with E-state index in [1.807, 2.05) is 0 Å². The van der Waals surface area contributed by atoms with Crippen molar-refractivity contribution in [3.8, 4) is 0 Å². The number of benzene rings is 1. The summed E-state index contributed by atoms with van der Waals surface area (Å²) in [5.41, 5.74) is 3.09. The minimum absolute atomic E-state index is 0.746. The first-order chi connectivity index (χ1) is 7.93. The molecule has 86 valence electrons. The van der Waals surface area contributed by atoms with Crippen LogP contribution >= 0.6 is 0 Å². The minimum atomic E-state index is 0.746. The molecular weight excluding hydrogens is 198 g/mol. The molecule has 1 fully saturated rings. The summed E-state index contributed by atoms with van der Waals surface area (Å²) < 4.78 is 5.37. The van der Waals surface area contributed by atoms with Gasteiger partial charge in [0.25, 0.3) is 0 Å². The van der Waals surface area contributed by atoms with Crippen molar-refractivity contribution < 1.29 is 4.74 Å². The van der Waals surface area contributed by atoms with E-state index in [0.29, 0.717) is 0 Å². The summed E-state index contributed by atoms with van der Waals surface area (Å²) in [7, 11) is 0. The van der Waals surface area contributed by atoms with Gasteiger partial charge in [0.2, 0.25) is 0 Å². The normalized spacial score (nSPS) is 27.5. The van der Waals surface area contributed by atoms with Crippen LogP contribution in [-0.2, 0) is 11.2 Å². The van der Waals surface area contributed by atoms with Gasteiger partial charge in [-0.1, -0.05) is 24.3 Å². The van der Waals surface area contributed by atoms with Crippen LogP contribution in [0.15, 0.2) is 24.3 Å². The van der Waals surface area contributed by atoms with Gasteiger partial charge in [0.1, 0.15) is 0 Å². The number of ether oxygens (including phenoxy) is 1. The van der Waals surface area contributed by atoms with Gasteiger partial charge in [-0.15, -0.1) is 0 Å². The Kier molecular flexibility index (Phi) is 2.94. The molecule has 1 saturated heterocycles. The van der Waals surface area contributed by atoms with E-state index in [-0.39, 0.29) is 0 Å². The van der Waals surface area contributed by atoms with E-state index in [4.69, 9.17) is 4.74 Å². The first-order valence-electron chi connectivity index (χ1n) is 6.30. The van der Waals surface area contributed by atoms with Crippen molar-refractivity contribution in [2.45, 2.75) is 18.8 Å². The highest BCUT2D eigenvalue weighted by molar-refractivity contribution is 5.40. The molecule has 1 aliphatic heterocycles. The molecular formula is C14H19NO. The monoisotopic (exact) mass is 217 g/mol. The Labute approximate surface area is 97.0 Å². The molecule has 1 aliphatic carbocycles. The van der Waals surface area contributed by atoms with Crippen molar-refractivity contribution in [2.75, 3.05) is 26.3 Å². The quantitative estimate of drug-likeness (QED) is 0.832. The van der Waals surface area contributed by atoms with Crippen LogP contribution in [0.4, 0.5) is 0 Å². The molecule has 1 aromatic rings. The molecule has 0 radical (unpaired) electrons. The Bertz CT molecular complexity index is 358. The van der Waals surface area contributed by atoms with Crippen molar-refractivity contribution in [2.24, 2.45) is 5.92 Å². The third kappa shape index (κ3) is 2.00. The van der Waals surface area contributed by atoms with Gasteiger partial charge in [0, 0.05) is 25.6 Å². The third-order valence-corrected chi connectivity index (χ3v) is 3.81. The molecule has 0 spiro atoms. The lowest BCUT2D eigenvalue weighted by Gasteiger charge is -2.30. The number of fused-ring (bicyclic) bond motifs is 1. The number of nitrogens with one attached hydrogen (secondary N) is 1. The second-order valence-electron chi connectivity index (χ2n) is 4.99. The molecule has 2 unspecified atom stereocenters. The van der Waals surface area contributed by atoms with Crippen molar-refractivity contribution >= 4 is 0 Å². The van der Waals surface area contributed by atoms with Gasteiger partial charge < -0.3 is 10.1 Å². The molecule has 1 N–H and O–H groups in total. The van der Waals surface area contributed by atoms with E-state index >= 15 is 0 Å². The SMILES string of the molecule is c1ccc2c(c1)CC2CNCC1CCOC1. The van der Waals surface area contributed by atoms with Crippen molar-refractivity contribution in [3.63, 3.8) is 0 Å². The molecule has 0 aromatic heterocycles. The van der Waals surface area contributed by atoms with Gasteiger partial charge in [-0.25, -0.2) is 0 Å². The second-order valence-corrected chi connectivity index (χ2v) is 4.99. The van der Waals surface area contributed by atoms with E-state index in [1.54, 1.807) is 11.1 Å². The van der Waals surface area contributed by atoms with Crippen LogP contribution in [-0.4, -0.2) is 26.3 Å². The van der Waals surface area contributed by atoms with Gasteiger partial charge in [-0.3, -0.25) is 0 Å². The van der Waals surface area contributed by atoms with Crippen molar-refractivity contribution in [1.29, 1.82) is 0 Å². The fourth-order valence-electron chi connectivity index (χ4n) is 2.75. The second kappa shape index (κ2) is 4.56. The van der Waals surface area contributed by atoms with Crippen LogP contribution in [0, 0.1) is 5.92 Å². The molecule has 2 aliphatic rings. The molecule has 0 amide bonds. The Morgan fingerprint density at radius 2 is 2.19 bits per heavy atom. The average molecular weight is 217 g/mol. The predicted octanol–water partition coefficient (Wildman–Crippen LogP) is 1.95. The van der Waals surface area contributed by atoms with Crippen LogP contribution in [0.5, 0.6) is 0 Å². The van der Waals surface area contributed by atoms with Crippen LogP contribution in [0.1, 0.15) is 23.5 Å². The van der Waals surface area contributed by atoms with Gasteiger partial charge in [-0.05, 0) is 29.9 Å². The molecule has 1 heterocycles. The topological polar surface area (TPSA) is 21.3 Å². The standard InChI is InChI=1S/C14H19NO/c1-2-4-14-12(3-1)7-13(14)9-15-8-11-5-6-16-10-11/h1-4,11,13,15H,5-10H2. The fourth-order valence-corrected chi connectivity index (χ4v) is 2.75. The summed E-state index contributed by atoms with van der Waals surface area (Å²) in [5.74, 6) is 1.49. The highest BCUT2D eigenvalue weighted by atomic mass is 16.5. The zero-order chi connectivity index (χ0) is 10.8. The van der Waals surface area contributed by atoms with Gasteiger partial charge in [-0.2, -0.15) is 0 Å². The lowest BCUT2D eigenvalue weighted by atomic mass is 9.77. The zero-order valence-electron chi connectivity index (χ0n) is 9.61. The Morgan fingerprint density at radius 1 is 1.25 bits per heavy atom. The largest absolute Gasteiger partial charge is 0.381 e. The van der Waals surface area contributed by atoms with Crippen LogP contribution < -0.4 is 5.32 Å². The van der Waals surface area contributed by atoms with E-state index < -0.39 is 0 Å². The Morgan fingerprint density at radius 3 is 3.00 bits per heavy atom. The summed E-state index contributed by atoms with van der Waals surface area (Å²) in [6.45, 7) is 4.17. The summed E-state index contributed by atoms with van der Waals surface area (Å²) >= 11 is 0. The third-order valence-electron chi connectivity index (χ3n) is 3.81. The molecule has 16 heavy (non-hydrogen) atoms. The molecule has 2 atom stereocenters. The maximum absolute atomic E-state index is 5.37. The van der Waals surface area contributed by atoms with Crippen molar-refractivity contribution in [3.05, 3.63) is 35.4 Å². The Hall–Kier alpha value is -0.860. The maximum Gasteiger partial charge on any atom is 0.0507 e. The molecule has 2 nitrogen and oxygen atoms in total. The van der Waals surface area contributed by atoms with E-state index in [9.17, 15) is 0 Å². The van der Waals surface area contributed by atoms with E-state index in [1.165, 1.54) is 12.8 Å². The zero-order valence-corrected chi connectivity index (χ0v) is 9.61. The highest BCUT2D eigenvalue weighted by Gasteiger charge is 2.25. The molecule has 1 aromatic carbocycles. The first-order valence-corrected chi connectivity index (χ1v) is 6.30. The van der Waals surface area contributed by atoms with E-state index in [2.05, 4.69) is 29.6 Å². The van der Waals surface area contributed by atoms with Crippen LogP contribution in [0.3, 0.4) is 0 Å². The molecule has 2 heteroatoms.